The van der Waals surface area contributed by atoms with Crippen LogP contribution in [0.3, 0.4) is 0 Å². The topological polar surface area (TPSA) is 56.7 Å². The predicted molar refractivity (Wildman–Crippen MR) is 256 cm³/mol. The van der Waals surface area contributed by atoms with Gasteiger partial charge in [-0.15, -0.1) is 0 Å². The Morgan fingerprint density at radius 3 is 1.76 bits per heavy atom. The third kappa shape index (κ3) is 5.32. The molecule has 5 heteroatoms. The fourth-order valence-corrected chi connectivity index (χ4v) is 9.59. The first kappa shape index (κ1) is 34.5. The first-order chi connectivity index (χ1) is 30.7. The molecule has 0 saturated heterocycles. The van der Waals surface area contributed by atoms with Crippen LogP contribution in [-0.2, 0) is 0 Å². The lowest BCUT2D eigenvalue weighted by molar-refractivity contribution is 0.669. The summed E-state index contributed by atoms with van der Waals surface area (Å²) in [7, 11) is 0. The van der Waals surface area contributed by atoms with Gasteiger partial charge in [0.15, 0.2) is 17.5 Å². The van der Waals surface area contributed by atoms with E-state index in [1.54, 1.807) is 0 Å². The van der Waals surface area contributed by atoms with E-state index in [4.69, 9.17) is 19.4 Å². The van der Waals surface area contributed by atoms with Gasteiger partial charge in [-0.1, -0.05) is 164 Å². The number of furan rings is 1. The number of rotatable bonds is 5. The molecular weight excluding hydrogens is 757 g/mol. The maximum atomic E-state index is 6.65. The van der Waals surface area contributed by atoms with Gasteiger partial charge in [-0.25, -0.2) is 15.0 Å². The fraction of sp³-hybridized carbons (Fsp3) is 0. The Hall–Kier alpha value is -8.41. The molecule has 3 heterocycles. The quantitative estimate of drug-likeness (QED) is 0.174. The highest BCUT2D eigenvalue weighted by Crippen LogP contribution is 2.43. The Labute approximate surface area is 355 Å². The summed E-state index contributed by atoms with van der Waals surface area (Å²) in [6.45, 7) is 0. The smallest absolute Gasteiger partial charge is 0.164 e. The maximum absolute atomic E-state index is 6.65. The van der Waals surface area contributed by atoms with Gasteiger partial charge in [0.2, 0.25) is 0 Å². The van der Waals surface area contributed by atoms with Crippen LogP contribution < -0.4 is 0 Å². The number of hydrogen-bond donors (Lipinski definition) is 0. The molecule has 62 heavy (non-hydrogen) atoms. The molecular formula is C57H34N4O. The summed E-state index contributed by atoms with van der Waals surface area (Å²) in [5.41, 5.74) is 9.96. The number of nitrogens with zero attached hydrogens (tertiary/aromatic N) is 4. The van der Waals surface area contributed by atoms with E-state index in [-0.39, 0.29) is 0 Å². The summed E-state index contributed by atoms with van der Waals surface area (Å²) in [6, 6.07) is 72.7. The predicted octanol–water partition coefficient (Wildman–Crippen LogP) is 15.0. The van der Waals surface area contributed by atoms with Crippen molar-refractivity contribution in [3.05, 3.63) is 206 Å². The highest BCUT2D eigenvalue weighted by atomic mass is 16.3. The van der Waals surface area contributed by atoms with Crippen LogP contribution in [0.5, 0.6) is 0 Å². The van der Waals surface area contributed by atoms with Crippen LogP contribution in [0, 0.1) is 0 Å². The number of hydrogen-bond acceptors (Lipinski definition) is 4. The second kappa shape index (κ2) is 13.6. The number of aromatic nitrogens is 4. The monoisotopic (exact) mass is 790 g/mol. The first-order valence-corrected chi connectivity index (χ1v) is 20.9. The standard InChI is InChI=1S/C57H34N4O/c1-3-14-35(15-4-1)42-21-11-12-23-45(42)56-58-55(37-17-5-2-6-18-37)59-57(60-56)46-24-13-25-50-54(46)53-44-29-28-41(32-40(44)27-31-51(53)62-50)61-48-30-26-36-16-9-10-22-43(36)52(48)47-33-38-19-7-8-20-39(38)34-49(47)61/h1-34H. The van der Waals surface area contributed by atoms with Crippen LogP contribution in [0.25, 0.3) is 127 Å². The van der Waals surface area contributed by atoms with Gasteiger partial charge in [-0.3, -0.25) is 0 Å². The van der Waals surface area contributed by atoms with Crippen LogP contribution >= 0.6 is 0 Å². The summed E-state index contributed by atoms with van der Waals surface area (Å²) >= 11 is 0. The SMILES string of the molecule is c1ccc(-c2nc(-c3ccccc3-c3ccccc3)nc(-c3cccc4oc5ccc6cc(-n7c8cc9ccccc9cc8c8c9ccccc9ccc87)ccc6c5c34)n2)cc1. The molecule has 5 nitrogen and oxygen atoms in total. The van der Waals surface area contributed by atoms with E-state index in [1.165, 1.54) is 43.4 Å². The minimum atomic E-state index is 0.586. The van der Waals surface area contributed by atoms with Crippen molar-refractivity contribution in [3.8, 4) is 51.0 Å². The number of fused-ring (bicyclic) bond motifs is 11. The highest BCUT2D eigenvalue weighted by molar-refractivity contribution is 6.25. The van der Waals surface area contributed by atoms with Gasteiger partial charge in [0.1, 0.15) is 11.2 Å². The van der Waals surface area contributed by atoms with E-state index in [2.05, 4.69) is 156 Å². The maximum Gasteiger partial charge on any atom is 0.164 e. The van der Waals surface area contributed by atoms with Crippen LogP contribution in [0.1, 0.15) is 0 Å². The number of benzene rings is 10. The van der Waals surface area contributed by atoms with E-state index < -0.39 is 0 Å². The molecule has 0 bridgehead atoms. The van der Waals surface area contributed by atoms with Crippen molar-refractivity contribution in [1.29, 1.82) is 0 Å². The van der Waals surface area contributed by atoms with Gasteiger partial charge >= 0.3 is 0 Å². The molecule has 0 unspecified atom stereocenters. The Bertz CT molecular complexity index is 3920. The molecule has 10 aromatic carbocycles. The molecule has 288 valence electrons. The third-order valence-electron chi connectivity index (χ3n) is 12.4. The Morgan fingerprint density at radius 1 is 0.323 bits per heavy atom. The van der Waals surface area contributed by atoms with Crippen LogP contribution in [-0.4, -0.2) is 19.5 Å². The molecule has 0 saturated carbocycles. The molecule has 0 aliphatic rings. The molecule has 0 atom stereocenters. The van der Waals surface area contributed by atoms with E-state index in [0.29, 0.717) is 17.5 Å². The molecule has 0 fully saturated rings. The summed E-state index contributed by atoms with van der Waals surface area (Å²) in [4.78, 5) is 15.6. The lowest BCUT2D eigenvalue weighted by atomic mass is 9.98. The zero-order valence-corrected chi connectivity index (χ0v) is 33.3. The van der Waals surface area contributed by atoms with Gasteiger partial charge < -0.3 is 8.98 Å². The molecule has 0 aliphatic heterocycles. The molecule has 0 N–H and O–H groups in total. The zero-order valence-electron chi connectivity index (χ0n) is 33.3. The van der Waals surface area contributed by atoms with Crippen molar-refractivity contribution >= 4 is 76.1 Å². The van der Waals surface area contributed by atoms with Crippen molar-refractivity contribution in [2.75, 3.05) is 0 Å². The van der Waals surface area contributed by atoms with Crippen LogP contribution in [0.2, 0.25) is 0 Å². The molecule has 0 radical (unpaired) electrons. The average Bonchev–Trinajstić information content (AvgIpc) is 3.89. The van der Waals surface area contributed by atoms with Gasteiger partial charge in [0.25, 0.3) is 0 Å². The second-order valence-corrected chi connectivity index (χ2v) is 15.9. The molecule has 3 aromatic heterocycles. The van der Waals surface area contributed by atoms with Gasteiger partial charge in [-0.05, 0) is 85.9 Å². The second-order valence-electron chi connectivity index (χ2n) is 15.9. The zero-order chi connectivity index (χ0) is 40.7. The molecule has 0 aliphatic carbocycles. The fourth-order valence-electron chi connectivity index (χ4n) is 9.59. The summed E-state index contributed by atoms with van der Waals surface area (Å²) in [5, 5.41) is 11.7. The van der Waals surface area contributed by atoms with Crippen molar-refractivity contribution in [2.24, 2.45) is 0 Å². The highest BCUT2D eigenvalue weighted by Gasteiger charge is 2.22. The van der Waals surface area contributed by atoms with Gasteiger partial charge in [0, 0.05) is 43.9 Å². The van der Waals surface area contributed by atoms with Crippen molar-refractivity contribution < 1.29 is 4.42 Å². The minimum Gasteiger partial charge on any atom is -0.456 e. The third-order valence-corrected chi connectivity index (χ3v) is 12.4. The first-order valence-electron chi connectivity index (χ1n) is 20.9. The molecule has 0 spiro atoms. The summed E-state index contributed by atoms with van der Waals surface area (Å²) < 4.78 is 9.08. The van der Waals surface area contributed by atoms with Crippen molar-refractivity contribution in [1.82, 2.24) is 19.5 Å². The van der Waals surface area contributed by atoms with Crippen molar-refractivity contribution in [3.63, 3.8) is 0 Å². The Kier molecular flexibility index (Phi) is 7.54. The van der Waals surface area contributed by atoms with Crippen LogP contribution in [0.4, 0.5) is 0 Å². The Balaban J connectivity index is 1.04. The lowest BCUT2D eigenvalue weighted by Gasteiger charge is -2.13. The van der Waals surface area contributed by atoms with E-state index >= 15 is 0 Å². The Morgan fingerprint density at radius 2 is 0.935 bits per heavy atom. The molecule has 13 rings (SSSR count). The van der Waals surface area contributed by atoms with E-state index in [9.17, 15) is 0 Å². The van der Waals surface area contributed by atoms with Crippen LogP contribution in [0.15, 0.2) is 211 Å². The summed E-state index contributed by atoms with van der Waals surface area (Å²) in [5.74, 6) is 1.81. The van der Waals surface area contributed by atoms with E-state index in [0.717, 1.165) is 66.2 Å². The van der Waals surface area contributed by atoms with Crippen molar-refractivity contribution in [2.45, 2.75) is 0 Å². The molecule has 0 amide bonds. The lowest BCUT2D eigenvalue weighted by Crippen LogP contribution is -2.01. The largest absolute Gasteiger partial charge is 0.456 e. The molecule has 13 aromatic rings. The normalized spacial score (nSPS) is 11.9. The average molecular weight is 791 g/mol. The summed E-state index contributed by atoms with van der Waals surface area (Å²) in [6.07, 6.45) is 0. The van der Waals surface area contributed by atoms with E-state index in [1.807, 2.05) is 54.6 Å². The minimum absolute atomic E-state index is 0.586. The van der Waals surface area contributed by atoms with Gasteiger partial charge in [-0.2, -0.15) is 0 Å². The van der Waals surface area contributed by atoms with Gasteiger partial charge in [0.05, 0.1) is 11.0 Å².